The predicted molar refractivity (Wildman–Crippen MR) is 80.1 cm³/mol. The molecule has 1 unspecified atom stereocenters. The second-order valence-corrected chi connectivity index (χ2v) is 5.58. The number of piperidine rings is 1. The Morgan fingerprint density at radius 3 is 2.29 bits per heavy atom. The van der Waals surface area contributed by atoms with Gasteiger partial charge in [0.25, 0.3) is 0 Å². The number of nitrogens with zero attached hydrogens (tertiary/aromatic N) is 1. The molecule has 21 heavy (non-hydrogen) atoms. The van der Waals surface area contributed by atoms with E-state index in [1.54, 1.807) is 7.05 Å². The summed E-state index contributed by atoms with van der Waals surface area (Å²) >= 11 is 0. The van der Waals surface area contributed by atoms with E-state index in [0.717, 1.165) is 5.56 Å². The zero-order chi connectivity index (χ0) is 15.5. The summed E-state index contributed by atoms with van der Waals surface area (Å²) < 4.78 is 0. The fraction of sp³-hybridized carbons (Fsp3) is 0.500. The van der Waals surface area contributed by atoms with Crippen LogP contribution in [0.1, 0.15) is 25.3 Å². The van der Waals surface area contributed by atoms with Gasteiger partial charge in [0.05, 0.1) is 11.5 Å². The van der Waals surface area contributed by atoms with Gasteiger partial charge < -0.3 is 10.4 Å². The van der Waals surface area contributed by atoms with Gasteiger partial charge in [-0.3, -0.25) is 14.5 Å². The first-order chi connectivity index (χ1) is 10.0. The lowest BCUT2D eigenvalue weighted by atomic mass is 9.72. The summed E-state index contributed by atoms with van der Waals surface area (Å²) in [4.78, 5) is 25.6. The fourth-order valence-electron chi connectivity index (χ4n) is 3.05. The quantitative estimate of drug-likeness (QED) is 0.875. The van der Waals surface area contributed by atoms with Crippen LogP contribution in [0.3, 0.4) is 0 Å². The third-order valence-electron chi connectivity index (χ3n) is 4.56. The summed E-state index contributed by atoms with van der Waals surface area (Å²) in [6, 6.07) is 9.18. The van der Waals surface area contributed by atoms with Gasteiger partial charge >= 0.3 is 5.97 Å². The Balaban J connectivity index is 2.16. The Labute approximate surface area is 125 Å². The van der Waals surface area contributed by atoms with Crippen LogP contribution in [0.4, 0.5) is 0 Å². The highest BCUT2D eigenvalue weighted by atomic mass is 16.4. The van der Waals surface area contributed by atoms with Gasteiger partial charge in [0.15, 0.2) is 0 Å². The minimum atomic E-state index is -0.833. The summed E-state index contributed by atoms with van der Waals surface area (Å²) in [5.41, 5.74) is 0.0185. The van der Waals surface area contributed by atoms with Crippen molar-refractivity contribution in [2.24, 2.45) is 0 Å². The van der Waals surface area contributed by atoms with Crippen LogP contribution in [0.25, 0.3) is 0 Å². The molecule has 1 aromatic carbocycles. The van der Waals surface area contributed by atoms with Crippen molar-refractivity contribution >= 4 is 11.9 Å². The maximum atomic E-state index is 11.8. The summed E-state index contributed by atoms with van der Waals surface area (Å²) in [5, 5.41) is 12.4. The van der Waals surface area contributed by atoms with E-state index in [-0.39, 0.29) is 11.9 Å². The highest BCUT2D eigenvalue weighted by Gasteiger charge is 2.44. The number of hydrogen-bond donors (Lipinski definition) is 2. The molecule has 2 N–H and O–H groups in total. The molecule has 0 bridgehead atoms. The van der Waals surface area contributed by atoms with Crippen molar-refractivity contribution in [2.45, 2.75) is 31.2 Å². The summed E-state index contributed by atoms with van der Waals surface area (Å²) in [7, 11) is 1.62. The number of aliphatic carboxylic acids is 1. The average molecular weight is 290 g/mol. The molecule has 5 nitrogen and oxygen atoms in total. The SMILES string of the molecule is CNC(=O)C(C)N1CCC(C(=O)O)(c2ccccc2)CC1. The van der Waals surface area contributed by atoms with Gasteiger partial charge in [-0.15, -0.1) is 0 Å². The summed E-state index contributed by atoms with van der Waals surface area (Å²) in [6.07, 6.45) is 1.04. The molecule has 114 valence electrons. The van der Waals surface area contributed by atoms with E-state index in [0.29, 0.717) is 25.9 Å². The van der Waals surface area contributed by atoms with Crippen molar-refractivity contribution in [3.05, 3.63) is 35.9 Å². The average Bonchev–Trinajstić information content (AvgIpc) is 2.54. The van der Waals surface area contributed by atoms with Crippen LogP contribution in [0, 0.1) is 0 Å². The Morgan fingerprint density at radius 1 is 1.24 bits per heavy atom. The predicted octanol–water partition coefficient (Wildman–Crippen LogP) is 1.24. The molecule has 1 atom stereocenters. The van der Waals surface area contributed by atoms with E-state index in [4.69, 9.17) is 0 Å². The van der Waals surface area contributed by atoms with Crippen LogP contribution >= 0.6 is 0 Å². The van der Waals surface area contributed by atoms with E-state index in [1.807, 2.05) is 42.2 Å². The van der Waals surface area contributed by atoms with Gasteiger partial charge in [-0.2, -0.15) is 0 Å². The van der Waals surface area contributed by atoms with Gasteiger partial charge in [-0.25, -0.2) is 0 Å². The minimum absolute atomic E-state index is 0.0301. The molecule has 5 heteroatoms. The zero-order valence-electron chi connectivity index (χ0n) is 12.5. The van der Waals surface area contributed by atoms with E-state index in [2.05, 4.69) is 5.32 Å². The summed E-state index contributed by atoms with van der Waals surface area (Å²) in [5.74, 6) is -0.807. The number of likely N-dealkylation sites (N-methyl/N-ethyl adjacent to an activating group) is 1. The van der Waals surface area contributed by atoms with Crippen LogP contribution in [-0.2, 0) is 15.0 Å². The zero-order valence-corrected chi connectivity index (χ0v) is 12.5. The van der Waals surface area contributed by atoms with E-state index >= 15 is 0 Å². The highest BCUT2D eigenvalue weighted by Crippen LogP contribution is 2.36. The Kier molecular flexibility index (Phi) is 4.63. The Morgan fingerprint density at radius 2 is 1.81 bits per heavy atom. The molecule has 1 fully saturated rings. The van der Waals surface area contributed by atoms with Crippen LogP contribution in [0.15, 0.2) is 30.3 Å². The molecule has 0 aromatic heterocycles. The third-order valence-corrected chi connectivity index (χ3v) is 4.56. The second kappa shape index (κ2) is 6.26. The lowest BCUT2D eigenvalue weighted by molar-refractivity contribution is -0.146. The number of amides is 1. The smallest absolute Gasteiger partial charge is 0.314 e. The van der Waals surface area contributed by atoms with Crippen LogP contribution in [0.5, 0.6) is 0 Å². The molecule has 1 aromatic rings. The molecular formula is C16H22N2O3. The number of rotatable bonds is 4. The van der Waals surface area contributed by atoms with Crippen molar-refractivity contribution in [3.63, 3.8) is 0 Å². The van der Waals surface area contributed by atoms with Gasteiger partial charge in [0.1, 0.15) is 0 Å². The second-order valence-electron chi connectivity index (χ2n) is 5.58. The minimum Gasteiger partial charge on any atom is -0.481 e. The first kappa shape index (κ1) is 15.5. The number of carboxylic acids is 1. The van der Waals surface area contributed by atoms with Gasteiger partial charge in [0, 0.05) is 20.1 Å². The first-order valence-corrected chi connectivity index (χ1v) is 7.26. The molecule has 0 saturated carbocycles. The molecule has 1 aliphatic rings. The molecule has 0 radical (unpaired) electrons. The standard InChI is InChI=1S/C16H22N2O3/c1-12(14(19)17-2)18-10-8-16(9-11-18,15(20)21)13-6-4-3-5-7-13/h3-7,12H,8-11H2,1-2H3,(H,17,19)(H,20,21). The largest absolute Gasteiger partial charge is 0.481 e. The van der Waals surface area contributed by atoms with Crippen molar-refractivity contribution < 1.29 is 14.7 Å². The fourth-order valence-corrected chi connectivity index (χ4v) is 3.05. The Bertz CT molecular complexity index is 508. The van der Waals surface area contributed by atoms with Gasteiger partial charge in [-0.05, 0) is 25.3 Å². The number of carboxylic acid groups (broad SMARTS) is 1. The van der Waals surface area contributed by atoms with E-state index in [1.165, 1.54) is 0 Å². The monoisotopic (exact) mass is 290 g/mol. The highest BCUT2D eigenvalue weighted by molar-refractivity contribution is 5.82. The number of likely N-dealkylation sites (tertiary alicyclic amines) is 1. The normalized spacial score (nSPS) is 19.7. The first-order valence-electron chi connectivity index (χ1n) is 7.26. The van der Waals surface area contributed by atoms with Crippen molar-refractivity contribution in [1.82, 2.24) is 10.2 Å². The van der Waals surface area contributed by atoms with Crippen molar-refractivity contribution in [2.75, 3.05) is 20.1 Å². The lowest BCUT2D eigenvalue weighted by Crippen LogP contribution is -2.53. The molecule has 1 aliphatic heterocycles. The van der Waals surface area contributed by atoms with Gasteiger partial charge in [-0.1, -0.05) is 30.3 Å². The maximum Gasteiger partial charge on any atom is 0.314 e. The number of nitrogens with one attached hydrogen (secondary N) is 1. The molecule has 0 spiro atoms. The van der Waals surface area contributed by atoms with Crippen molar-refractivity contribution in [1.29, 1.82) is 0 Å². The summed E-state index contributed by atoms with van der Waals surface area (Å²) in [6.45, 7) is 3.07. The number of hydrogen-bond acceptors (Lipinski definition) is 3. The van der Waals surface area contributed by atoms with Crippen LogP contribution in [-0.4, -0.2) is 48.1 Å². The third kappa shape index (κ3) is 2.93. The molecule has 0 aliphatic carbocycles. The molecule has 2 rings (SSSR count). The molecule has 1 amide bonds. The maximum absolute atomic E-state index is 11.8. The molecular weight excluding hydrogens is 268 g/mol. The van der Waals surface area contributed by atoms with Crippen LogP contribution < -0.4 is 5.32 Å². The number of benzene rings is 1. The Hall–Kier alpha value is -1.88. The molecule has 1 heterocycles. The number of carbonyl (C=O) groups is 2. The molecule has 1 saturated heterocycles. The number of carbonyl (C=O) groups excluding carboxylic acids is 1. The van der Waals surface area contributed by atoms with Crippen LogP contribution in [0.2, 0.25) is 0 Å². The lowest BCUT2D eigenvalue weighted by Gasteiger charge is -2.41. The van der Waals surface area contributed by atoms with Gasteiger partial charge in [0.2, 0.25) is 5.91 Å². The van der Waals surface area contributed by atoms with E-state index < -0.39 is 11.4 Å². The van der Waals surface area contributed by atoms with E-state index in [9.17, 15) is 14.7 Å². The van der Waals surface area contributed by atoms with Crippen molar-refractivity contribution in [3.8, 4) is 0 Å². The topological polar surface area (TPSA) is 69.6 Å².